The highest BCUT2D eigenvalue weighted by atomic mass is 16.6. The number of ether oxygens (including phenoxy) is 3. The minimum Gasteiger partial charge on any atom is -0.461 e. The van der Waals surface area contributed by atoms with Gasteiger partial charge in [-0.2, -0.15) is 0 Å². The zero-order valence-corrected chi connectivity index (χ0v) is 25.1. The van der Waals surface area contributed by atoms with E-state index in [1.165, 1.54) is 0 Å². The van der Waals surface area contributed by atoms with Gasteiger partial charge in [0.15, 0.2) is 0 Å². The van der Waals surface area contributed by atoms with Gasteiger partial charge in [-0.3, -0.25) is 9.59 Å². The average Bonchev–Trinajstić information content (AvgIpc) is 3.06. The Morgan fingerprint density at radius 1 is 0.568 bits per heavy atom. The summed E-state index contributed by atoms with van der Waals surface area (Å²) in [7, 11) is 0. The Bertz CT molecular complexity index is 1270. The highest BCUT2D eigenvalue weighted by Crippen LogP contribution is 2.09. The van der Waals surface area contributed by atoms with E-state index in [4.69, 9.17) is 14.2 Å². The number of unbranched alkanes of at least 4 members (excludes halogenated alkanes) is 4. The molecule has 0 aliphatic rings. The maximum absolute atomic E-state index is 12.8. The second-order valence-electron chi connectivity index (χ2n) is 10.4. The lowest BCUT2D eigenvalue weighted by Gasteiger charge is -2.18. The number of benzene rings is 3. The fraction of sp³-hybridized carbons (Fsp3) is 0.371. The minimum atomic E-state index is -1.04. The van der Waals surface area contributed by atoms with E-state index in [0.29, 0.717) is 19.6 Å². The van der Waals surface area contributed by atoms with Crippen molar-refractivity contribution >= 4 is 23.9 Å². The third-order valence-electron chi connectivity index (χ3n) is 6.80. The Hall–Kier alpha value is -4.66. The minimum absolute atomic E-state index is 0.0369. The zero-order valence-electron chi connectivity index (χ0n) is 25.1. The number of carbonyl (C=O) groups excluding carboxylic acids is 4. The number of amides is 2. The number of carbonyl (C=O) groups is 4. The van der Waals surface area contributed by atoms with Crippen LogP contribution < -0.4 is 10.6 Å². The highest BCUT2D eigenvalue weighted by Gasteiger charge is 2.24. The number of nitrogens with one attached hydrogen (secondary N) is 2. The van der Waals surface area contributed by atoms with E-state index < -0.39 is 18.1 Å². The molecule has 0 unspecified atom stereocenters. The molecule has 0 heterocycles. The molecule has 9 heteroatoms. The Kier molecular flexibility index (Phi) is 15.6. The molecule has 44 heavy (non-hydrogen) atoms. The van der Waals surface area contributed by atoms with Crippen molar-refractivity contribution in [2.24, 2.45) is 0 Å². The van der Waals surface area contributed by atoms with E-state index in [1.54, 1.807) is 0 Å². The highest BCUT2D eigenvalue weighted by molar-refractivity contribution is 5.83. The molecule has 0 fully saturated rings. The second-order valence-corrected chi connectivity index (χ2v) is 10.4. The third kappa shape index (κ3) is 14.5. The van der Waals surface area contributed by atoms with Crippen LogP contribution in [-0.4, -0.2) is 36.5 Å². The third-order valence-corrected chi connectivity index (χ3v) is 6.80. The Morgan fingerprint density at radius 2 is 1.07 bits per heavy atom. The smallest absolute Gasteiger partial charge is 0.408 e. The van der Waals surface area contributed by atoms with Crippen LogP contribution in [0.4, 0.5) is 4.79 Å². The van der Waals surface area contributed by atoms with Gasteiger partial charge in [0.2, 0.25) is 5.91 Å². The van der Waals surface area contributed by atoms with Crippen molar-refractivity contribution in [3.8, 4) is 0 Å². The van der Waals surface area contributed by atoms with Crippen molar-refractivity contribution in [3.63, 3.8) is 0 Å². The van der Waals surface area contributed by atoms with E-state index in [0.717, 1.165) is 48.8 Å². The molecule has 3 aromatic carbocycles. The van der Waals surface area contributed by atoms with Gasteiger partial charge >= 0.3 is 18.0 Å². The number of hydrogen-bond donors (Lipinski definition) is 2. The van der Waals surface area contributed by atoms with Gasteiger partial charge in [-0.25, -0.2) is 9.59 Å². The summed E-state index contributed by atoms with van der Waals surface area (Å²) in [6, 6.07) is 27.0. The predicted octanol–water partition coefficient (Wildman–Crippen LogP) is 6.01. The molecule has 0 radical (unpaired) electrons. The summed E-state index contributed by atoms with van der Waals surface area (Å²) in [6.07, 6.45) is 4.09. The van der Waals surface area contributed by atoms with Crippen LogP contribution in [0, 0.1) is 0 Å². The van der Waals surface area contributed by atoms with Crippen LogP contribution in [0.5, 0.6) is 0 Å². The van der Waals surface area contributed by atoms with Gasteiger partial charge in [-0.1, -0.05) is 110 Å². The molecule has 234 valence electrons. The first kappa shape index (κ1) is 33.8. The molecule has 0 spiro atoms. The molecule has 3 aromatic rings. The summed E-state index contributed by atoms with van der Waals surface area (Å²) in [5, 5.41) is 5.42. The molecule has 1 atom stereocenters. The van der Waals surface area contributed by atoms with Crippen LogP contribution in [0.25, 0.3) is 0 Å². The lowest BCUT2D eigenvalue weighted by molar-refractivity contribution is -0.148. The first-order valence-electron chi connectivity index (χ1n) is 15.1. The van der Waals surface area contributed by atoms with Crippen molar-refractivity contribution in [3.05, 3.63) is 108 Å². The van der Waals surface area contributed by atoms with Crippen molar-refractivity contribution in [1.29, 1.82) is 0 Å². The first-order valence-corrected chi connectivity index (χ1v) is 15.1. The summed E-state index contributed by atoms with van der Waals surface area (Å²) in [6.45, 7) is 0.909. The summed E-state index contributed by atoms with van der Waals surface area (Å²) in [4.78, 5) is 49.6. The van der Waals surface area contributed by atoms with Crippen molar-refractivity contribution in [1.82, 2.24) is 10.6 Å². The Labute approximate surface area is 259 Å². The zero-order chi connectivity index (χ0) is 31.2. The lowest BCUT2D eigenvalue weighted by atomic mass is 10.1. The number of esters is 2. The molecule has 0 aliphatic heterocycles. The molecule has 3 rings (SSSR count). The van der Waals surface area contributed by atoms with Gasteiger partial charge in [-0.05, 0) is 36.0 Å². The van der Waals surface area contributed by atoms with E-state index in [2.05, 4.69) is 10.6 Å². The molecule has 2 amide bonds. The fourth-order valence-electron chi connectivity index (χ4n) is 4.31. The summed E-state index contributed by atoms with van der Waals surface area (Å²) < 4.78 is 16.0. The first-order chi connectivity index (χ1) is 21.5. The molecule has 0 saturated carbocycles. The fourth-order valence-corrected chi connectivity index (χ4v) is 4.31. The summed E-state index contributed by atoms with van der Waals surface area (Å²) >= 11 is 0. The SMILES string of the molecule is O=C(CC[C@H](NC(=O)OCc1ccccc1)C(=O)OCc1ccccc1)NCCCCCCCC(=O)OCc1ccccc1. The molecule has 0 aromatic heterocycles. The van der Waals surface area contributed by atoms with Crippen LogP contribution in [0.15, 0.2) is 91.0 Å². The standard InChI is InChI=1S/C35H42N2O7/c38-32(36-24-14-3-1-2-13-21-33(39)42-25-28-15-7-4-8-16-28)23-22-31(34(40)43-26-29-17-9-5-10-18-29)37-35(41)44-27-30-19-11-6-12-20-30/h4-12,15-20,31H,1-3,13-14,21-27H2,(H,36,38)(H,37,41)/t31-/m0/s1. The van der Waals surface area contributed by atoms with Gasteiger partial charge in [0, 0.05) is 19.4 Å². The van der Waals surface area contributed by atoms with Crippen LogP contribution in [0.3, 0.4) is 0 Å². The van der Waals surface area contributed by atoms with E-state index in [1.807, 2.05) is 91.0 Å². The molecular weight excluding hydrogens is 560 g/mol. The van der Waals surface area contributed by atoms with Crippen LogP contribution in [0.2, 0.25) is 0 Å². The summed E-state index contributed by atoms with van der Waals surface area (Å²) in [5.41, 5.74) is 2.59. The van der Waals surface area contributed by atoms with Gasteiger partial charge in [-0.15, -0.1) is 0 Å². The quantitative estimate of drug-likeness (QED) is 0.0980. The van der Waals surface area contributed by atoms with Gasteiger partial charge in [0.05, 0.1) is 0 Å². The van der Waals surface area contributed by atoms with Crippen molar-refractivity contribution in [2.75, 3.05) is 6.54 Å². The number of alkyl carbamates (subject to hydrolysis) is 1. The van der Waals surface area contributed by atoms with E-state index in [9.17, 15) is 19.2 Å². The monoisotopic (exact) mass is 602 g/mol. The van der Waals surface area contributed by atoms with Crippen molar-refractivity contribution < 1.29 is 33.4 Å². The molecule has 9 nitrogen and oxygen atoms in total. The lowest BCUT2D eigenvalue weighted by Crippen LogP contribution is -2.43. The molecule has 2 N–H and O–H groups in total. The Morgan fingerprint density at radius 3 is 1.66 bits per heavy atom. The van der Waals surface area contributed by atoms with Crippen molar-refractivity contribution in [2.45, 2.75) is 77.2 Å². The second kappa shape index (κ2) is 20.3. The van der Waals surface area contributed by atoms with E-state index in [-0.39, 0.29) is 37.9 Å². The molecular formula is C35H42N2O7. The van der Waals surface area contributed by atoms with Crippen LogP contribution >= 0.6 is 0 Å². The van der Waals surface area contributed by atoms with Crippen LogP contribution in [-0.2, 0) is 48.4 Å². The molecule has 0 saturated heterocycles. The normalized spacial score (nSPS) is 11.2. The maximum atomic E-state index is 12.8. The number of rotatable bonds is 19. The molecule has 0 aliphatic carbocycles. The van der Waals surface area contributed by atoms with Gasteiger partial charge in [0.25, 0.3) is 0 Å². The predicted molar refractivity (Wildman–Crippen MR) is 166 cm³/mol. The molecule has 0 bridgehead atoms. The largest absolute Gasteiger partial charge is 0.461 e. The Balaban J connectivity index is 1.30. The number of hydrogen-bond acceptors (Lipinski definition) is 7. The summed E-state index contributed by atoms with van der Waals surface area (Å²) in [5.74, 6) is -1.05. The van der Waals surface area contributed by atoms with Crippen LogP contribution in [0.1, 0.15) is 68.1 Å². The topological polar surface area (TPSA) is 120 Å². The van der Waals surface area contributed by atoms with Gasteiger partial charge < -0.3 is 24.8 Å². The van der Waals surface area contributed by atoms with E-state index >= 15 is 0 Å². The maximum Gasteiger partial charge on any atom is 0.408 e. The average molecular weight is 603 g/mol. The van der Waals surface area contributed by atoms with Gasteiger partial charge in [0.1, 0.15) is 25.9 Å².